The summed E-state index contributed by atoms with van der Waals surface area (Å²) in [6.07, 6.45) is 0. The van der Waals surface area contributed by atoms with Crippen molar-refractivity contribution in [3.05, 3.63) is 0 Å². The molecule has 3 nitrogen and oxygen atoms in total. The average Bonchev–Trinajstić information content (AvgIpc) is 1.41. The molecule has 0 aliphatic carbocycles. The van der Waals surface area contributed by atoms with E-state index in [9.17, 15) is 5.02 Å². The van der Waals surface area contributed by atoms with E-state index in [2.05, 4.69) is 0 Å². The first-order valence-electron chi connectivity index (χ1n) is 4.67. The minimum atomic E-state index is -2.17. The van der Waals surface area contributed by atoms with Gasteiger partial charge in [-0.1, -0.05) is 0 Å². The van der Waals surface area contributed by atoms with Crippen molar-refractivity contribution in [3.8, 4) is 0 Å². The second-order valence-corrected chi connectivity index (χ2v) is 21.4. The molecule has 0 fully saturated rings. The van der Waals surface area contributed by atoms with E-state index in [1.165, 1.54) is 0 Å². The fourth-order valence-corrected chi connectivity index (χ4v) is 2.34. The monoisotopic (exact) mass is 242 g/mol. The normalized spacial score (nSPS) is 19.2. The molecule has 0 atom stereocenters. The third-order valence-electron chi connectivity index (χ3n) is 1.02. The van der Waals surface area contributed by atoms with E-state index < -0.39 is 21.0 Å². The van der Waals surface area contributed by atoms with Crippen molar-refractivity contribution in [2.24, 2.45) is 0 Å². The summed E-state index contributed by atoms with van der Waals surface area (Å²) in [5.41, 5.74) is 0. The van der Waals surface area contributed by atoms with E-state index in [-0.39, 0.29) is 0 Å². The molecular weight excluding hydrogens is 217 g/mol. The second-order valence-electron chi connectivity index (χ2n) is 7.35. The van der Waals surface area contributed by atoms with Crippen molar-refractivity contribution < 1.29 is 13.9 Å². The van der Waals surface area contributed by atoms with Crippen LogP contribution in [0.1, 0.15) is 0 Å². The van der Waals surface area contributed by atoms with Gasteiger partial charge >= 0.3 is 88.2 Å². The molecular formula is C8H25BO3P2. The van der Waals surface area contributed by atoms with Crippen molar-refractivity contribution in [2.45, 2.75) is 0 Å². The molecule has 0 bridgehead atoms. The SMILES string of the molecule is CP(C)(C)(C)OB(O)OP(C)(C)(C)C. The molecule has 0 aliphatic rings. The van der Waals surface area contributed by atoms with Gasteiger partial charge in [0.25, 0.3) is 0 Å². The molecule has 0 radical (unpaired) electrons. The molecule has 6 heteroatoms. The zero-order valence-corrected chi connectivity index (χ0v) is 12.5. The summed E-state index contributed by atoms with van der Waals surface area (Å²) < 4.78 is 11.1. The third-order valence-corrected chi connectivity index (χ3v) is 3.07. The Morgan fingerprint density at radius 2 is 0.929 bits per heavy atom. The number of hydrogen-bond donors (Lipinski definition) is 1. The predicted molar refractivity (Wildman–Crippen MR) is 71.4 cm³/mol. The Hall–Kier alpha value is 0.805. The molecule has 1 N–H and O–H groups in total. The van der Waals surface area contributed by atoms with Crippen molar-refractivity contribution in [1.29, 1.82) is 0 Å². The van der Waals surface area contributed by atoms with Crippen molar-refractivity contribution >= 4 is 21.0 Å². The van der Waals surface area contributed by atoms with E-state index in [4.69, 9.17) is 8.88 Å². The molecule has 0 heterocycles. The van der Waals surface area contributed by atoms with Gasteiger partial charge in [-0.3, -0.25) is 0 Å². The Bertz CT molecular complexity index is 184. The zero-order valence-electron chi connectivity index (χ0n) is 10.7. The summed E-state index contributed by atoms with van der Waals surface area (Å²) in [7, 11) is -1.10. The van der Waals surface area contributed by atoms with Crippen molar-refractivity contribution in [1.82, 2.24) is 0 Å². The van der Waals surface area contributed by atoms with Crippen molar-refractivity contribution in [3.63, 3.8) is 0 Å². The van der Waals surface area contributed by atoms with Crippen LogP contribution in [0.3, 0.4) is 0 Å². The Kier molecular flexibility index (Phi) is 3.59. The van der Waals surface area contributed by atoms with Gasteiger partial charge in [-0.05, 0) is 0 Å². The molecule has 88 valence electrons. The molecule has 0 aliphatic heterocycles. The molecule has 0 saturated heterocycles. The molecule has 0 aromatic carbocycles. The van der Waals surface area contributed by atoms with Gasteiger partial charge in [-0.15, -0.1) is 0 Å². The summed E-state index contributed by atoms with van der Waals surface area (Å²) in [6, 6.07) is 0. The summed E-state index contributed by atoms with van der Waals surface area (Å²) in [5, 5.41) is 9.67. The van der Waals surface area contributed by atoms with Gasteiger partial charge in [0.2, 0.25) is 0 Å². The van der Waals surface area contributed by atoms with Gasteiger partial charge in [-0.2, -0.15) is 0 Å². The molecule has 14 heavy (non-hydrogen) atoms. The fraction of sp³-hybridized carbons (Fsp3) is 1.00. The summed E-state index contributed by atoms with van der Waals surface area (Å²) in [4.78, 5) is 0. The van der Waals surface area contributed by atoms with Gasteiger partial charge in [0.1, 0.15) is 0 Å². The van der Waals surface area contributed by atoms with E-state index in [0.717, 1.165) is 0 Å². The Balaban J connectivity index is 4.36. The van der Waals surface area contributed by atoms with E-state index in [1.807, 2.05) is 53.3 Å². The van der Waals surface area contributed by atoms with Crippen LogP contribution in [0.5, 0.6) is 0 Å². The van der Waals surface area contributed by atoms with Crippen LogP contribution >= 0.6 is 13.7 Å². The first-order valence-corrected chi connectivity index (χ1v) is 12.6. The van der Waals surface area contributed by atoms with Gasteiger partial charge in [0, 0.05) is 0 Å². The van der Waals surface area contributed by atoms with Crippen LogP contribution in [-0.2, 0) is 8.88 Å². The quantitative estimate of drug-likeness (QED) is 0.605. The van der Waals surface area contributed by atoms with Gasteiger partial charge in [0.15, 0.2) is 0 Å². The van der Waals surface area contributed by atoms with Crippen LogP contribution in [0.4, 0.5) is 0 Å². The maximum atomic E-state index is 9.67. The summed E-state index contributed by atoms with van der Waals surface area (Å²) in [6.45, 7) is 11.9. The Morgan fingerprint density at radius 1 is 0.714 bits per heavy atom. The second kappa shape index (κ2) is 3.40. The minimum absolute atomic E-state index is 1.10. The molecule has 0 amide bonds. The van der Waals surface area contributed by atoms with E-state index >= 15 is 0 Å². The molecule has 0 rings (SSSR count). The van der Waals surface area contributed by atoms with Crippen LogP contribution in [-0.4, -0.2) is 65.7 Å². The summed E-state index contributed by atoms with van der Waals surface area (Å²) in [5.74, 6) is 0. The van der Waals surface area contributed by atoms with E-state index in [0.29, 0.717) is 0 Å². The molecule has 0 aromatic rings. The maximum absolute atomic E-state index is 9.67. The van der Waals surface area contributed by atoms with Gasteiger partial charge in [-0.25, -0.2) is 0 Å². The first kappa shape index (κ1) is 14.8. The summed E-state index contributed by atoms with van der Waals surface area (Å²) >= 11 is 0. The van der Waals surface area contributed by atoms with Crippen LogP contribution in [0.25, 0.3) is 0 Å². The standard InChI is InChI=1S/C8H25BO3P2/c1-13(2,3,4)11-9(10)12-14(5,6,7)8/h10H,1-8H3. The van der Waals surface area contributed by atoms with E-state index in [1.54, 1.807) is 0 Å². The molecule has 0 saturated carbocycles. The van der Waals surface area contributed by atoms with Gasteiger partial charge in [0.05, 0.1) is 0 Å². The van der Waals surface area contributed by atoms with Crippen LogP contribution in [0, 0.1) is 0 Å². The van der Waals surface area contributed by atoms with Crippen LogP contribution in [0.15, 0.2) is 0 Å². The van der Waals surface area contributed by atoms with Gasteiger partial charge < -0.3 is 0 Å². The molecule has 0 spiro atoms. The zero-order chi connectivity index (χ0) is 11.9. The molecule has 0 aromatic heterocycles. The van der Waals surface area contributed by atoms with Crippen LogP contribution < -0.4 is 0 Å². The fourth-order valence-electron chi connectivity index (χ4n) is 0.741. The Labute approximate surface area is 88.8 Å². The number of rotatable bonds is 4. The topological polar surface area (TPSA) is 38.7 Å². The predicted octanol–water partition coefficient (Wildman–Crippen LogP) is 1.97. The van der Waals surface area contributed by atoms with Crippen LogP contribution in [0.2, 0.25) is 0 Å². The molecule has 0 unspecified atom stereocenters. The van der Waals surface area contributed by atoms with Crippen molar-refractivity contribution in [2.75, 3.05) is 53.3 Å². The third kappa shape index (κ3) is 10.9. The Morgan fingerprint density at radius 3 is 1.07 bits per heavy atom. The average molecular weight is 242 g/mol. The number of hydrogen-bond acceptors (Lipinski definition) is 3. The first-order chi connectivity index (χ1) is 5.60.